The monoisotopic (exact) mass is 224 g/mol. The van der Waals surface area contributed by atoms with Gasteiger partial charge < -0.3 is 10.6 Å². The lowest BCUT2D eigenvalue weighted by molar-refractivity contribution is 0.110. The minimum atomic E-state index is 0.878. The maximum Gasteiger partial charge on any atom is 0.00953 e. The van der Waals surface area contributed by atoms with Crippen molar-refractivity contribution in [1.82, 2.24) is 4.90 Å². The zero-order valence-electron chi connectivity index (χ0n) is 10.7. The molecule has 0 spiro atoms. The van der Waals surface area contributed by atoms with Crippen LogP contribution in [-0.2, 0) is 0 Å². The van der Waals surface area contributed by atoms with Crippen molar-refractivity contribution in [3.05, 3.63) is 0 Å². The highest BCUT2D eigenvalue weighted by Gasteiger charge is 2.25. The van der Waals surface area contributed by atoms with E-state index in [2.05, 4.69) is 4.90 Å². The van der Waals surface area contributed by atoms with Crippen LogP contribution in [0.5, 0.6) is 0 Å². The molecular formula is C14H28N2. The fourth-order valence-electron chi connectivity index (χ4n) is 3.52. The van der Waals surface area contributed by atoms with Crippen LogP contribution >= 0.6 is 0 Å². The van der Waals surface area contributed by atoms with Crippen LogP contribution in [0.25, 0.3) is 0 Å². The van der Waals surface area contributed by atoms with Crippen LogP contribution in [0.2, 0.25) is 0 Å². The summed E-state index contributed by atoms with van der Waals surface area (Å²) in [5.74, 6) is 0.891. The van der Waals surface area contributed by atoms with Crippen LogP contribution in [0.15, 0.2) is 0 Å². The first-order valence-electron chi connectivity index (χ1n) is 7.34. The predicted molar refractivity (Wildman–Crippen MR) is 69.5 cm³/mol. The molecule has 1 atom stereocenters. The second-order valence-corrected chi connectivity index (χ2v) is 5.73. The van der Waals surface area contributed by atoms with Gasteiger partial charge in [-0.2, -0.15) is 0 Å². The van der Waals surface area contributed by atoms with E-state index in [1.165, 1.54) is 70.9 Å². The summed E-state index contributed by atoms with van der Waals surface area (Å²) >= 11 is 0. The quantitative estimate of drug-likeness (QED) is 0.747. The van der Waals surface area contributed by atoms with Crippen molar-refractivity contribution in [3.8, 4) is 0 Å². The topological polar surface area (TPSA) is 29.3 Å². The largest absolute Gasteiger partial charge is 0.330 e. The number of nitrogens with two attached hydrogens (primary N) is 1. The van der Waals surface area contributed by atoms with E-state index in [4.69, 9.17) is 5.73 Å². The summed E-state index contributed by atoms with van der Waals surface area (Å²) in [6.45, 7) is 3.57. The molecule has 2 aliphatic rings. The first-order chi connectivity index (χ1) is 7.90. The Morgan fingerprint density at radius 1 is 0.938 bits per heavy atom. The lowest BCUT2D eigenvalue weighted by Crippen LogP contribution is -2.42. The lowest BCUT2D eigenvalue weighted by atomic mass is 9.92. The summed E-state index contributed by atoms with van der Waals surface area (Å²) in [5, 5.41) is 0. The molecule has 0 amide bonds. The summed E-state index contributed by atoms with van der Waals surface area (Å²) in [6.07, 6.45) is 12.8. The van der Waals surface area contributed by atoms with Crippen LogP contribution in [0, 0.1) is 5.92 Å². The number of likely N-dealkylation sites (tertiary alicyclic amines) is 1. The molecule has 2 nitrogen and oxygen atoms in total. The highest BCUT2D eigenvalue weighted by molar-refractivity contribution is 4.80. The molecule has 1 heterocycles. The molecule has 94 valence electrons. The second-order valence-electron chi connectivity index (χ2n) is 5.73. The Labute approximate surface area is 101 Å². The molecule has 2 fully saturated rings. The number of nitrogens with zero attached hydrogens (tertiary/aromatic N) is 1. The average Bonchev–Trinajstić information content (AvgIpc) is 2.58. The summed E-state index contributed by atoms with van der Waals surface area (Å²) in [5.41, 5.74) is 5.69. The highest BCUT2D eigenvalue weighted by atomic mass is 15.2. The molecule has 2 heteroatoms. The van der Waals surface area contributed by atoms with Gasteiger partial charge in [-0.05, 0) is 51.1 Å². The van der Waals surface area contributed by atoms with Crippen molar-refractivity contribution >= 4 is 0 Å². The zero-order chi connectivity index (χ0) is 11.2. The number of rotatable bonds is 3. The van der Waals surface area contributed by atoms with Gasteiger partial charge in [-0.3, -0.25) is 0 Å². The van der Waals surface area contributed by atoms with E-state index < -0.39 is 0 Å². The van der Waals surface area contributed by atoms with Gasteiger partial charge in [0.2, 0.25) is 0 Å². The Kier molecular flexibility index (Phi) is 5.11. The summed E-state index contributed by atoms with van der Waals surface area (Å²) in [4.78, 5) is 2.79. The van der Waals surface area contributed by atoms with E-state index in [1.54, 1.807) is 0 Å². The SMILES string of the molecule is NCCC1CCCN(C2CCCCCC2)C1. The number of hydrogen-bond donors (Lipinski definition) is 1. The van der Waals surface area contributed by atoms with Crippen molar-refractivity contribution in [2.24, 2.45) is 11.7 Å². The number of piperidine rings is 1. The standard InChI is InChI=1S/C14H28N2/c15-10-9-13-6-5-11-16(12-13)14-7-3-1-2-4-8-14/h13-14H,1-12,15H2. The Morgan fingerprint density at radius 3 is 2.38 bits per heavy atom. The molecule has 1 unspecified atom stereocenters. The molecule has 0 aromatic carbocycles. The van der Waals surface area contributed by atoms with Crippen molar-refractivity contribution in [1.29, 1.82) is 0 Å². The van der Waals surface area contributed by atoms with Crippen LogP contribution < -0.4 is 5.73 Å². The number of hydrogen-bond acceptors (Lipinski definition) is 2. The van der Waals surface area contributed by atoms with Gasteiger partial charge >= 0.3 is 0 Å². The van der Waals surface area contributed by atoms with Crippen molar-refractivity contribution < 1.29 is 0 Å². The normalized spacial score (nSPS) is 30.2. The summed E-state index contributed by atoms with van der Waals surface area (Å²) in [7, 11) is 0. The Bertz CT molecular complexity index is 183. The molecule has 1 saturated carbocycles. The third-order valence-corrected chi connectivity index (χ3v) is 4.47. The first kappa shape index (κ1) is 12.4. The van der Waals surface area contributed by atoms with E-state index in [0.29, 0.717) is 0 Å². The van der Waals surface area contributed by atoms with Gasteiger partial charge in [-0.25, -0.2) is 0 Å². The fourth-order valence-corrected chi connectivity index (χ4v) is 3.52. The third-order valence-electron chi connectivity index (χ3n) is 4.47. The highest BCUT2D eigenvalue weighted by Crippen LogP contribution is 2.27. The third kappa shape index (κ3) is 3.46. The van der Waals surface area contributed by atoms with Crippen molar-refractivity contribution in [2.75, 3.05) is 19.6 Å². The smallest absolute Gasteiger partial charge is 0.00953 e. The lowest BCUT2D eigenvalue weighted by Gasteiger charge is -2.38. The van der Waals surface area contributed by atoms with Gasteiger partial charge in [0, 0.05) is 12.6 Å². The Balaban J connectivity index is 1.82. The molecule has 1 saturated heterocycles. The van der Waals surface area contributed by atoms with Gasteiger partial charge in [0.15, 0.2) is 0 Å². The molecule has 2 N–H and O–H groups in total. The second kappa shape index (κ2) is 6.61. The van der Waals surface area contributed by atoms with E-state index in [-0.39, 0.29) is 0 Å². The van der Waals surface area contributed by atoms with Crippen LogP contribution in [-0.4, -0.2) is 30.6 Å². The van der Waals surface area contributed by atoms with Crippen LogP contribution in [0.4, 0.5) is 0 Å². The van der Waals surface area contributed by atoms with Crippen molar-refractivity contribution in [2.45, 2.75) is 63.8 Å². The fraction of sp³-hybridized carbons (Fsp3) is 1.00. The van der Waals surface area contributed by atoms with Crippen molar-refractivity contribution in [3.63, 3.8) is 0 Å². The maximum absolute atomic E-state index is 5.69. The van der Waals surface area contributed by atoms with Crippen LogP contribution in [0.1, 0.15) is 57.8 Å². The molecule has 0 bridgehead atoms. The predicted octanol–water partition coefficient (Wildman–Crippen LogP) is 2.77. The van der Waals surface area contributed by atoms with Gasteiger partial charge in [0.05, 0.1) is 0 Å². The minimum Gasteiger partial charge on any atom is -0.330 e. The molecule has 16 heavy (non-hydrogen) atoms. The average molecular weight is 224 g/mol. The summed E-state index contributed by atoms with van der Waals surface area (Å²) < 4.78 is 0. The molecule has 0 aromatic heterocycles. The molecule has 2 rings (SSSR count). The Morgan fingerprint density at radius 2 is 1.69 bits per heavy atom. The van der Waals surface area contributed by atoms with Crippen LogP contribution in [0.3, 0.4) is 0 Å². The molecule has 1 aliphatic heterocycles. The first-order valence-corrected chi connectivity index (χ1v) is 7.34. The van der Waals surface area contributed by atoms with Gasteiger partial charge in [0.25, 0.3) is 0 Å². The van der Waals surface area contributed by atoms with E-state index in [1.807, 2.05) is 0 Å². The minimum absolute atomic E-state index is 0.878. The Hall–Kier alpha value is -0.0800. The zero-order valence-corrected chi connectivity index (χ0v) is 10.7. The summed E-state index contributed by atoms with van der Waals surface area (Å²) in [6, 6.07) is 0.906. The maximum atomic E-state index is 5.69. The van der Waals surface area contributed by atoms with Gasteiger partial charge in [0.1, 0.15) is 0 Å². The molecule has 0 radical (unpaired) electrons. The van der Waals surface area contributed by atoms with Gasteiger partial charge in [-0.15, -0.1) is 0 Å². The van der Waals surface area contributed by atoms with E-state index in [9.17, 15) is 0 Å². The molecule has 1 aliphatic carbocycles. The van der Waals surface area contributed by atoms with E-state index >= 15 is 0 Å². The molecule has 0 aromatic rings. The van der Waals surface area contributed by atoms with Gasteiger partial charge in [-0.1, -0.05) is 25.7 Å². The molecular weight excluding hydrogens is 196 g/mol. The van der Waals surface area contributed by atoms with E-state index in [0.717, 1.165) is 18.5 Å².